The fraction of sp³-hybridized carbons (Fsp3) is 0.357. The topological polar surface area (TPSA) is 92.3 Å². The first-order valence-electron chi connectivity index (χ1n) is 12.9. The molecule has 39 heavy (non-hydrogen) atoms. The number of fused-ring (bicyclic) bond motifs is 2. The molecule has 9 nitrogen and oxygen atoms in total. The standard InChI is InChI=1S/C28H34N4O5S2/c1-5-13-31(14-6-2)39(34,35)22-11-9-21(10-12-22)27(33)32(16-15-30(7-3)8-4)28-29-23-19-24-25(20-26(23)38-28)37-18-17-36-24/h5-6,9-12,19-20H,1-2,7-8,13-18H2,3-4H3. The van der Waals surface area contributed by atoms with E-state index in [0.29, 0.717) is 48.5 Å². The molecule has 208 valence electrons. The van der Waals surface area contributed by atoms with Gasteiger partial charge in [0, 0.05) is 43.9 Å². The van der Waals surface area contributed by atoms with Crippen LogP contribution in [0.5, 0.6) is 11.5 Å². The lowest BCUT2D eigenvalue weighted by Crippen LogP contribution is -2.39. The summed E-state index contributed by atoms with van der Waals surface area (Å²) in [5.41, 5.74) is 1.10. The van der Waals surface area contributed by atoms with Crippen LogP contribution >= 0.6 is 11.3 Å². The summed E-state index contributed by atoms with van der Waals surface area (Å²) in [6, 6.07) is 9.77. The molecule has 0 N–H and O–H groups in total. The number of rotatable bonds is 13. The first kappa shape index (κ1) is 28.8. The second-order valence-electron chi connectivity index (χ2n) is 8.87. The predicted molar refractivity (Wildman–Crippen MR) is 156 cm³/mol. The van der Waals surface area contributed by atoms with Gasteiger partial charge in [-0.2, -0.15) is 4.31 Å². The van der Waals surface area contributed by atoms with Crippen LogP contribution in [-0.2, 0) is 10.0 Å². The Bertz CT molecular complexity index is 1380. The monoisotopic (exact) mass is 570 g/mol. The zero-order valence-corrected chi connectivity index (χ0v) is 24.0. The minimum absolute atomic E-state index is 0.100. The van der Waals surface area contributed by atoms with Gasteiger partial charge in [0.2, 0.25) is 10.0 Å². The van der Waals surface area contributed by atoms with Crippen LogP contribution < -0.4 is 14.4 Å². The molecule has 4 rings (SSSR count). The molecule has 1 amide bonds. The molecule has 2 aromatic carbocycles. The number of likely N-dealkylation sites (N-methyl/N-ethyl adjacent to an activating group) is 1. The Labute approximate surface area is 234 Å². The lowest BCUT2D eigenvalue weighted by molar-refractivity contribution is 0.0983. The van der Waals surface area contributed by atoms with Gasteiger partial charge in [-0.05, 0) is 37.4 Å². The van der Waals surface area contributed by atoms with E-state index in [2.05, 4.69) is 31.9 Å². The molecule has 0 radical (unpaired) electrons. The van der Waals surface area contributed by atoms with E-state index < -0.39 is 10.0 Å². The fourth-order valence-electron chi connectivity index (χ4n) is 4.27. The minimum atomic E-state index is -3.77. The number of anilines is 1. The van der Waals surface area contributed by atoms with Crippen LogP contribution in [0.2, 0.25) is 0 Å². The molecular weight excluding hydrogens is 536 g/mol. The predicted octanol–water partition coefficient (Wildman–Crippen LogP) is 4.42. The number of carbonyl (C=O) groups excluding carboxylic acids is 1. The Hall–Kier alpha value is -3.25. The maximum Gasteiger partial charge on any atom is 0.260 e. The van der Waals surface area contributed by atoms with Crippen LogP contribution in [0.25, 0.3) is 10.2 Å². The van der Waals surface area contributed by atoms with Crippen molar-refractivity contribution >= 4 is 42.6 Å². The van der Waals surface area contributed by atoms with Gasteiger partial charge in [-0.25, -0.2) is 13.4 Å². The van der Waals surface area contributed by atoms with Gasteiger partial charge in [0.1, 0.15) is 13.2 Å². The molecule has 0 unspecified atom stereocenters. The largest absolute Gasteiger partial charge is 0.486 e. The Morgan fingerprint density at radius 1 is 1.00 bits per heavy atom. The summed E-state index contributed by atoms with van der Waals surface area (Å²) < 4.78 is 39.8. The Morgan fingerprint density at radius 3 is 2.21 bits per heavy atom. The molecular formula is C28H34N4O5S2. The minimum Gasteiger partial charge on any atom is -0.486 e. The zero-order chi connectivity index (χ0) is 28.0. The van der Waals surface area contributed by atoms with Crippen LogP contribution in [0, 0.1) is 0 Å². The van der Waals surface area contributed by atoms with Gasteiger partial charge in [-0.3, -0.25) is 9.69 Å². The van der Waals surface area contributed by atoms with Crippen LogP contribution in [0.4, 0.5) is 5.13 Å². The molecule has 0 aliphatic carbocycles. The van der Waals surface area contributed by atoms with Crippen molar-refractivity contribution in [1.82, 2.24) is 14.2 Å². The molecule has 1 aromatic heterocycles. The zero-order valence-electron chi connectivity index (χ0n) is 22.3. The summed E-state index contributed by atoms with van der Waals surface area (Å²) >= 11 is 1.41. The number of amides is 1. The van der Waals surface area contributed by atoms with Crippen molar-refractivity contribution in [2.45, 2.75) is 18.7 Å². The number of sulfonamides is 1. The second kappa shape index (κ2) is 12.7. The van der Waals surface area contributed by atoms with Gasteiger partial charge in [-0.1, -0.05) is 37.3 Å². The van der Waals surface area contributed by atoms with Crippen molar-refractivity contribution in [2.24, 2.45) is 0 Å². The van der Waals surface area contributed by atoms with Crippen molar-refractivity contribution in [3.8, 4) is 11.5 Å². The molecule has 0 saturated heterocycles. The average molecular weight is 571 g/mol. The van der Waals surface area contributed by atoms with E-state index >= 15 is 0 Å². The Kier molecular flexibility index (Phi) is 9.39. The highest BCUT2D eigenvalue weighted by Gasteiger charge is 2.26. The highest BCUT2D eigenvalue weighted by molar-refractivity contribution is 7.89. The molecule has 3 aromatic rings. The highest BCUT2D eigenvalue weighted by Crippen LogP contribution is 2.39. The summed E-state index contributed by atoms with van der Waals surface area (Å²) in [5.74, 6) is 1.06. The SMILES string of the molecule is C=CCN(CC=C)S(=O)(=O)c1ccc(C(=O)N(CCN(CC)CC)c2nc3cc4c(cc3s2)OCCO4)cc1. The third kappa shape index (κ3) is 6.33. The van der Waals surface area contributed by atoms with Crippen molar-refractivity contribution in [3.63, 3.8) is 0 Å². The van der Waals surface area contributed by atoms with Crippen molar-refractivity contribution < 1.29 is 22.7 Å². The van der Waals surface area contributed by atoms with Gasteiger partial charge < -0.3 is 14.4 Å². The van der Waals surface area contributed by atoms with E-state index in [1.807, 2.05) is 12.1 Å². The maximum absolute atomic E-state index is 13.8. The van der Waals surface area contributed by atoms with E-state index in [-0.39, 0.29) is 23.9 Å². The van der Waals surface area contributed by atoms with Gasteiger partial charge in [0.05, 0.1) is 15.1 Å². The summed E-state index contributed by atoms with van der Waals surface area (Å²) in [5, 5.41) is 0.560. The first-order valence-corrected chi connectivity index (χ1v) is 15.1. The van der Waals surface area contributed by atoms with Crippen molar-refractivity contribution in [1.29, 1.82) is 0 Å². The number of nitrogens with zero attached hydrogens (tertiary/aromatic N) is 4. The number of carbonyl (C=O) groups is 1. The van der Waals surface area contributed by atoms with Crippen molar-refractivity contribution in [2.75, 3.05) is 57.4 Å². The van der Waals surface area contributed by atoms with E-state index in [1.165, 1.54) is 39.9 Å². The molecule has 1 aliphatic heterocycles. The normalized spacial score (nSPS) is 13.1. The van der Waals surface area contributed by atoms with Gasteiger partial charge in [0.25, 0.3) is 5.91 Å². The smallest absolute Gasteiger partial charge is 0.260 e. The van der Waals surface area contributed by atoms with Crippen LogP contribution in [-0.4, -0.2) is 81.0 Å². The summed E-state index contributed by atoms with van der Waals surface area (Å²) in [6.07, 6.45) is 3.05. The van der Waals surface area contributed by atoms with E-state index in [4.69, 9.17) is 14.5 Å². The number of ether oxygens (including phenoxy) is 2. The fourth-order valence-corrected chi connectivity index (χ4v) is 6.65. The summed E-state index contributed by atoms with van der Waals surface area (Å²) in [6.45, 7) is 15.6. The number of hydrogen-bond acceptors (Lipinski definition) is 8. The molecule has 0 saturated carbocycles. The van der Waals surface area contributed by atoms with Gasteiger partial charge in [0.15, 0.2) is 16.6 Å². The molecule has 1 aliphatic rings. The quantitative estimate of drug-likeness (QED) is 0.281. The molecule has 2 heterocycles. The van der Waals surface area contributed by atoms with Crippen LogP contribution in [0.3, 0.4) is 0 Å². The van der Waals surface area contributed by atoms with Gasteiger partial charge in [-0.15, -0.1) is 13.2 Å². The third-order valence-electron chi connectivity index (χ3n) is 6.46. The van der Waals surface area contributed by atoms with E-state index in [0.717, 1.165) is 23.3 Å². The first-order chi connectivity index (χ1) is 18.8. The molecule has 0 atom stereocenters. The van der Waals surface area contributed by atoms with Gasteiger partial charge >= 0.3 is 0 Å². The van der Waals surface area contributed by atoms with Crippen LogP contribution in [0.15, 0.2) is 66.6 Å². The average Bonchev–Trinajstić information content (AvgIpc) is 3.36. The van der Waals surface area contributed by atoms with E-state index in [9.17, 15) is 13.2 Å². The number of benzene rings is 2. The number of hydrogen-bond donors (Lipinski definition) is 0. The summed E-state index contributed by atoms with van der Waals surface area (Å²) in [4.78, 5) is 22.6. The number of aromatic nitrogens is 1. The van der Waals surface area contributed by atoms with Crippen molar-refractivity contribution in [3.05, 3.63) is 67.3 Å². The molecule has 11 heteroatoms. The molecule has 0 spiro atoms. The summed E-state index contributed by atoms with van der Waals surface area (Å²) in [7, 11) is -3.77. The second-order valence-corrected chi connectivity index (χ2v) is 11.8. The highest BCUT2D eigenvalue weighted by atomic mass is 32.2. The molecule has 0 bridgehead atoms. The van der Waals surface area contributed by atoms with Crippen LogP contribution in [0.1, 0.15) is 24.2 Å². The lowest BCUT2D eigenvalue weighted by atomic mass is 10.2. The molecule has 0 fully saturated rings. The number of thiazole rings is 1. The Morgan fingerprint density at radius 2 is 1.62 bits per heavy atom. The Balaban J connectivity index is 1.65. The van der Waals surface area contributed by atoms with E-state index in [1.54, 1.807) is 17.0 Å². The lowest BCUT2D eigenvalue weighted by Gasteiger charge is -2.25. The maximum atomic E-state index is 13.8. The third-order valence-corrected chi connectivity index (χ3v) is 9.34.